The van der Waals surface area contributed by atoms with Gasteiger partial charge in [-0.2, -0.15) is 0 Å². The summed E-state index contributed by atoms with van der Waals surface area (Å²) in [6.45, 7) is 0.442. The van der Waals surface area contributed by atoms with Gasteiger partial charge in [0.25, 0.3) is 0 Å². The van der Waals surface area contributed by atoms with Gasteiger partial charge in [-0.1, -0.05) is 28.8 Å². The molecule has 1 aliphatic carbocycles. The van der Waals surface area contributed by atoms with Gasteiger partial charge < -0.3 is 15.6 Å². The minimum absolute atomic E-state index is 0.0982. The number of hydrogen-bond acceptors (Lipinski definition) is 3. The van der Waals surface area contributed by atoms with Crippen molar-refractivity contribution in [3.05, 3.63) is 28.2 Å². The van der Waals surface area contributed by atoms with Gasteiger partial charge in [-0.25, -0.2) is 0 Å². The highest BCUT2D eigenvalue weighted by molar-refractivity contribution is 9.10. The fourth-order valence-electron chi connectivity index (χ4n) is 2.38. The number of aliphatic hydroxyl groups is 1. The summed E-state index contributed by atoms with van der Waals surface area (Å²) in [5, 5.41) is 10.1. The maximum absolute atomic E-state index is 10.1. The second-order valence-electron chi connectivity index (χ2n) is 4.82. The van der Waals surface area contributed by atoms with E-state index in [1.54, 1.807) is 0 Å². The molecule has 100 valence electrons. The molecule has 0 amide bonds. The van der Waals surface area contributed by atoms with E-state index in [0.717, 1.165) is 41.5 Å². The quantitative estimate of drug-likeness (QED) is 0.843. The fourth-order valence-corrected chi connectivity index (χ4v) is 2.79. The molecule has 1 saturated carbocycles. The highest BCUT2D eigenvalue weighted by Gasteiger charge is 2.23. The summed E-state index contributed by atoms with van der Waals surface area (Å²) in [7, 11) is 0. The van der Waals surface area contributed by atoms with Crippen molar-refractivity contribution in [2.24, 2.45) is 5.73 Å². The van der Waals surface area contributed by atoms with Crippen molar-refractivity contribution in [2.75, 3.05) is 0 Å². The lowest BCUT2D eigenvalue weighted by Crippen LogP contribution is -2.30. The van der Waals surface area contributed by atoms with Crippen molar-refractivity contribution in [2.45, 2.75) is 50.9 Å². The molecule has 0 aromatic heterocycles. The minimum Gasteiger partial charge on any atom is -0.487 e. The van der Waals surface area contributed by atoms with Crippen LogP contribution in [0.5, 0.6) is 5.75 Å². The van der Waals surface area contributed by atoms with E-state index in [0.29, 0.717) is 6.54 Å². The van der Waals surface area contributed by atoms with Gasteiger partial charge in [-0.05, 0) is 37.5 Å². The molecular formula is C14H20BrNO2. The Labute approximate surface area is 116 Å². The first-order valence-corrected chi connectivity index (χ1v) is 7.33. The van der Waals surface area contributed by atoms with Crippen LogP contribution >= 0.6 is 15.9 Å². The molecule has 1 fully saturated rings. The molecule has 2 rings (SSSR count). The van der Waals surface area contributed by atoms with Crippen molar-refractivity contribution in [3.63, 3.8) is 0 Å². The van der Waals surface area contributed by atoms with Crippen LogP contribution in [-0.2, 0) is 6.54 Å². The second kappa shape index (κ2) is 6.55. The van der Waals surface area contributed by atoms with Gasteiger partial charge in [0, 0.05) is 16.6 Å². The summed E-state index contributed by atoms with van der Waals surface area (Å²) in [6, 6.07) is 5.83. The Morgan fingerprint density at radius 1 is 1.28 bits per heavy atom. The highest BCUT2D eigenvalue weighted by atomic mass is 79.9. The number of nitrogens with two attached hydrogens (primary N) is 1. The maximum Gasteiger partial charge on any atom is 0.124 e. The van der Waals surface area contributed by atoms with E-state index in [-0.39, 0.29) is 12.2 Å². The molecule has 1 aromatic carbocycles. The van der Waals surface area contributed by atoms with Crippen LogP contribution in [-0.4, -0.2) is 17.3 Å². The van der Waals surface area contributed by atoms with Crippen LogP contribution in [0.4, 0.5) is 0 Å². The molecule has 2 unspecified atom stereocenters. The van der Waals surface area contributed by atoms with E-state index in [1.165, 1.54) is 6.42 Å². The third-order valence-corrected chi connectivity index (χ3v) is 3.93. The number of aliphatic hydroxyl groups excluding tert-OH is 1. The van der Waals surface area contributed by atoms with Crippen LogP contribution in [0, 0.1) is 0 Å². The summed E-state index contributed by atoms with van der Waals surface area (Å²) in [5.41, 5.74) is 6.70. The molecule has 1 aromatic rings. The Morgan fingerprint density at radius 3 is 2.83 bits per heavy atom. The summed E-state index contributed by atoms with van der Waals surface area (Å²) >= 11 is 3.43. The van der Waals surface area contributed by atoms with Crippen LogP contribution in [0.25, 0.3) is 0 Å². The Bertz CT molecular complexity index is 397. The molecule has 2 atom stereocenters. The molecule has 0 spiro atoms. The minimum atomic E-state index is -0.359. The Morgan fingerprint density at radius 2 is 2.06 bits per heavy atom. The lowest BCUT2D eigenvalue weighted by molar-refractivity contribution is 0.0314. The zero-order valence-corrected chi connectivity index (χ0v) is 12.0. The predicted molar refractivity (Wildman–Crippen MR) is 75.5 cm³/mol. The van der Waals surface area contributed by atoms with E-state index >= 15 is 0 Å². The summed E-state index contributed by atoms with van der Waals surface area (Å²) in [4.78, 5) is 0. The fraction of sp³-hybridized carbons (Fsp3) is 0.571. The van der Waals surface area contributed by atoms with Crippen LogP contribution in [0.2, 0.25) is 0 Å². The number of halogens is 1. The molecular weight excluding hydrogens is 294 g/mol. The molecule has 0 heterocycles. The first-order chi connectivity index (χ1) is 8.70. The van der Waals surface area contributed by atoms with Crippen molar-refractivity contribution in [3.8, 4) is 5.75 Å². The molecule has 1 aliphatic rings. The maximum atomic E-state index is 10.1. The number of rotatable bonds is 3. The second-order valence-corrected chi connectivity index (χ2v) is 5.73. The van der Waals surface area contributed by atoms with Crippen molar-refractivity contribution in [1.29, 1.82) is 0 Å². The van der Waals surface area contributed by atoms with E-state index in [9.17, 15) is 5.11 Å². The monoisotopic (exact) mass is 313 g/mol. The van der Waals surface area contributed by atoms with Crippen LogP contribution in [0.15, 0.2) is 22.7 Å². The number of benzene rings is 1. The lowest BCUT2D eigenvalue weighted by Gasteiger charge is -2.23. The summed E-state index contributed by atoms with van der Waals surface area (Å²) in [6.07, 6.45) is 4.68. The summed E-state index contributed by atoms with van der Waals surface area (Å²) in [5.74, 6) is 0.798. The standard InChI is InChI=1S/C14H20BrNO2/c15-11-6-7-13(10(8-11)9-16)18-14-5-3-1-2-4-12(14)17/h6-8,12,14,17H,1-5,9,16H2. The molecule has 3 N–H and O–H groups in total. The highest BCUT2D eigenvalue weighted by Crippen LogP contribution is 2.27. The van der Waals surface area contributed by atoms with Crippen molar-refractivity contribution in [1.82, 2.24) is 0 Å². The molecule has 0 aliphatic heterocycles. The van der Waals surface area contributed by atoms with E-state index in [2.05, 4.69) is 15.9 Å². The van der Waals surface area contributed by atoms with Gasteiger partial charge in [0.1, 0.15) is 11.9 Å². The van der Waals surface area contributed by atoms with Gasteiger partial charge in [0.15, 0.2) is 0 Å². The summed E-state index contributed by atoms with van der Waals surface area (Å²) < 4.78 is 6.97. The molecule has 18 heavy (non-hydrogen) atoms. The van der Waals surface area contributed by atoms with Gasteiger partial charge in [0.05, 0.1) is 6.10 Å². The molecule has 0 radical (unpaired) electrons. The zero-order valence-electron chi connectivity index (χ0n) is 10.4. The van der Waals surface area contributed by atoms with Crippen molar-refractivity contribution < 1.29 is 9.84 Å². The van der Waals surface area contributed by atoms with E-state index in [4.69, 9.17) is 10.5 Å². The van der Waals surface area contributed by atoms with E-state index in [1.807, 2.05) is 18.2 Å². The largest absolute Gasteiger partial charge is 0.487 e. The zero-order chi connectivity index (χ0) is 13.0. The molecule has 0 saturated heterocycles. The first-order valence-electron chi connectivity index (χ1n) is 6.54. The van der Waals surface area contributed by atoms with Crippen LogP contribution < -0.4 is 10.5 Å². The third kappa shape index (κ3) is 3.46. The van der Waals surface area contributed by atoms with Gasteiger partial charge >= 0.3 is 0 Å². The van der Waals surface area contributed by atoms with Crippen molar-refractivity contribution >= 4 is 15.9 Å². The first kappa shape index (κ1) is 13.8. The average Bonchev–Trinajstić information content (AvgIpc) is 2.57. The Balaban J connectivity index is 2.12. The van der Waals surface area contributed by atoms with Crippen LogP contribution in [0.1, 0.15) is 37.7 Å². The average molecular weight is 314 g/mol. The number of ether oxygens (including phenoxy) is 1. The third-order valence-electron chi connectivity index (χ3n) is 3.44. The lowest BCUT2D eigenvalue weighted by atomic mass is 10.1. The Hall–Kier alpha value is -0.580. The number of hydrogen-bond donors (Lipinski definition) is 2. The Kier molecular flexibility index (Phi) is 5.03. The molecule has 4 heteroatoms. The van der Waals surface area contributed by atoms with Gasteiger partial charge in [-0.3, -0.25) is 0 Å². The topological polar surface area (TPSA) is 55.5 Å². The van der Waals surface area contributed by atoms with Crippen LogP contribution in [0.3, 0.4) is 0 Å². The normalized spacial score (nSPS) is 24.6. The van der Waals surface area contributed by atoms with Gasteiger partial charge in [-0.15, -0.1) is 0 Å². The SMILES string of the molecule is NCc1cc(Br)ccc1OC1CCCCCC1O. The smallest absolute Gasteiger partial charge is 0.124 e. The molecule has 0 bridgehead atoms. The molecule has 3 nitrogen and oxygen atoms in total. The van der Waals surface area contributed by atoms with Gasteiger partial charge in [0.2, 0.25) is 0 Å². The van der Waals surface area contributed by atoms with E-state index < -0.39 is 0 Å². The predicted octanol–water partition coefficient (Wildman–Crippen LogP) is 2.98.